The standard InChI is InChI=1S/C15H24N4O2/c1-4-18(11-15(2,3)21)13(20)12-7-5-10-19(12)14-16-8-6-9-17-14/h6,8-9,12,21H,4-5,7,10-11H2,1-3H3. The first-order valence-corrected chi connectivity index (χ1v) is 7.47. The molecule has 1 amide bonds. The van der Waals surface area contributed by atoms with Gasteiger partial charge < -0.3 is 14.9 Å². The highest BCUT2D eigenvalue weighted by Crippen LogP contribution is 2.24. The Balaban J connectivity index is 2.13. The summed E-state index contributed by atoms with van der Waals surface area (Å²) < 4.78 is 0. The highest BCUT2D eigenvalue weighted by Gasteiger charge is 2.35. The maximum Gasteiger partial charge on any atom is 0.245 e. The van der Waals surface area contributed by atoms with E-state index in [1.54, 1.807) is 37.2 Å². The minimum atomic E-state index is -0.891. The zero-order valence-corrected chi connectivity index (χ0v) is 13.0. The number of carbonyl (C=O) groups is 1. The lowest BCUT2D eigenvalue weighted by molar-refractivity contribution is -0.135. The SMILES string of the molecule is CCN(CC(C)(C)O)C(=O)C1CCCN1c1ncccn1. The smallest absolute Gasteiger partial charge is 0.245 e. The molecule has 1 unspecified atom stereocenters. The number of rotatable bonds is 5. The molecule has 6 nitrogen and oxygen atoms in total. The van der Waals surface area contributed by atoms with Gasteiger partial charge in [-0.05, 0) is 39.7 Å². The van der Waals surface area contributed by atoms with Crippen LogP contribution in [0.15, 0.2) is 18.5 Å². The first-order chi connectivity index (χ1) is 9.92. The number of carbonyl (C=O) groups excluding carboxylic acids is 1. The second kappa shape index (κ2) is 6.39. The predicted molar refractivity (Wildman–Crippen MR) is 81.0 cm³/mol. The fraction of sp³-hybridized carbons (Fsp3) is 0.667. The van der Waals surface area contributed by atoms with Gasteiger partial charge in [-0.1, -0.05) is 0 Å². The Hall–Kier alpha value is -1.69. The Kier molecular flexibility index (Phi) is 4.77. The third-order valence-corrected chi connectivity index (χ3v) is 3.62. The van der Waals surface area contributed by atoms with Crippen LogP contribution in [-0.4, -0.2) is 57.2 Å². The van der Waals surface area contributed by atoms with Crippen molar-refractivity contribution in [2.45, 2.75) is 45.3 Å². The van der Waals surface area contributed by atoms with E-state index in [1.807, 2.05) is 11.8 Å². The average Bonchev–Trinajstić information content (AvgIpc) is 2.93. The summed E-state index contributed by atoms with van der Waals surface area (Å²) in [6.45, 7) is 7.08. The Morgan fingerprint density at radius 3 is 2.71 bits per heavy atom. The Morgan fingerprint density at radius 1 is 1.48 bits per heavy atom. The molecule has 1 atom stereocenters. The summed E-state index contributed by atoms with van der Waals surface area (Å²) in [4.78, 5) is 24.9. The molecule has 2 rings (SSSR count). The summed E-state index contributed by atoms with van der Waals surface area (Å²) in [6.07, 6.45) is 5.14. The van der Waals surface area contributed by atoms with Crippen LogP contribution in [0, 0.1) is 0 Å². The zero-order chi connectivity index (χ0) is 15.5. The second-order valence-electron chi connectivity index (χ2n) is 6.07. The fourth-order valence-corrected chi connectivity index (χ4v) is 2.73. The van der Waals surface area contributed by atoms with E-state index >= 15 is 0 Å². The van der Waals surface area contributed by atoms with Gasteiger partial charge in [-0.15, -0.1) is 0 Å². The average molecular weight is 292 g/mol. The van der Waals surface area contributed by atoms with Crippen LogP contribution < -0.4 is 4.90 Å². The van der Waals surface area contributed by atoms with Crippen LogP contribution in [0.2, 0.25) is 0 Å². The molecule has 6 heteroatoms. The van der Waals surface area contributed by atoms with Crippen LogP contribution in [0.1, 0.15) is 33.6 Å². The number of likely N-dealkylation sites (N-methyl/N-ethyl adjacent to an activating group) is 1. The Labute approximate surface area is 125 Å². The van der Waals surface area contributed by atoms with Crippen molar-refractivity contribution in [1.29, 1.82) is 0 Å². The van der Waals surface area contributed by atoms with Gasteiger partial charge in [-0.3, -0.25) is 4.79 Å². The van der Waals surface area contributed by atoms with E-state index in [0.29, 0.717) is 19.0 Å². The molecule has 1 N–H and O–H groups in total. The summed E-state index contributed by atoms with van der Waals surface area (Å²) in [5, 5.41) is 9.96. The van der Waals surface area contributed by atoms with Gasteiger partial charge in [0.05, 0.1) is 5.60 Å². The van der Waals surface area contributed by atoms with Crippen LogP contribution in [0.5, 0.6) is 0 Å². The molecule has 21 heavy (non-hydrogen) atoms. The first kappa shape index (κ1) is 15.7. The monoisotopic (exact) mass is 292 g/mol. The third-order valence-electron chi connectivity index (χ3n) is 3.62. The Morgan fingerprint density at radius 2 is 2.14 bits per heavy atom. The lowest BCUT2D eigenvalue weighted by atomic mass is 10.1. The van der Waals surface area contributed by atoms with Gasteiger partial charge in [0.15, 0.2) is 0 Å². The van der Waals surface area contributed by atoms with Gasteiger partial charge in [-0.2, -0.15) is 0 Å². The highest BCUT2D eigenvalue weighted by atomic mass is 16.3. The van der Waals surface area contributed by atoms with Crippen molar-refractivity contribution in [3.63, 3.8) is 0 Å². The van der Waals surface area contributed by atoms with Crippen molar-refractivity contribution in [2.75, 3.05) is 24.5 Å². The molecule has 1 aliphatic rings. The summed E-state index contributed by atoms with van der Waals surface area (Å²) in [5.74, 6) is 0.650. The van der Waals surface area contributed by atoms with Crippen LogP contribution in [0.4, 0.5) is 5.95 Å². The number of hydrogen-bond donors (Lipinski definition) is 1. The summed E-state index contributed by atoms with van der Waals surface area (Å²) in [6, 6.07) is 1.54. The largest absolute Gasteiger partial charge is 0.389 e. The lowest BCUT2D eigenvalue weighted by Crippen LogP contribution is -2.50. The van der Waals surface area contributed by atoms with Gasteiger partial charge in [0.2, 0.25) is 11.9 Å². The number of nitrogens with zero attached hydrogens (tertiary/aromatic N) is 4. The van der Waals surface area contributed by atoms with Crippen molar-refractivity contribution >= 4 is 11.9 Å². The fourth-order valence-electron chi connectivity index (χ4n) is 2.73. The van der Waals surface area contributed by atoms with Crippen molar-refractivity contribution in [1.82, 2.24) is 14.9 Å². The van der Waals surface area contributed by atoms with E-state index in [-0.39, 0.29) is 11.9 Å². The molecule has 1 aromatic rings. The molecule has 1 fully saturated rings. The van der Waals surface area contributed by atoms with E-state index in [9.17, 15) is 9.90 Å². The minimum absolute atomic E-state index is 0.0459. The maximum atomic E-state index is 12.8. The second-order valence-corrected chi connectivity index (χ2v) is 6.07. The van der Waals surface area contributed by atoms with E-state index in [4.69, 9.17) is 0 Å². The van der Waals surface area contributed by atoms with Gasteiger partial charge >= 0.3 is 0 Å². The Bertz CT molecular complexity index is 472. The summed E-state index contributed by atoms with van der Waals surface area (Å²) in [7, 11) is 0. The minimum Gasteiger partial charge on any atom is -0.389 e. The number of aliphatic hydroxyl groups is 1. The zero-order valence-electron chi connectivity index (χ0n) is 13.0. The van der Waals surface area contributed by atoms with E-state index in [0.717, 1.165) is 19.4 Å². The molecule has 0 aliphatic carbocycles. The molecule has 0 saturated carbocycles. The van der Waals surface area contributed by atoms with Gasteiger partial charge in [0, 0.05) is 32.0 Å². The number of aromatic nitrogens is 2. The van der Waals surface area contributed by atoms with Gasteiger partial charge in [-0.25, -0.2) is 9.97 Å². The van der Waals surface area contributed by atoms with Gasteiger partial charge in [0.25, 0.3) is 0 Å². The highest BCUT2D eigenvalue weighted by molar-refractivity contribution is 5.85. The van der Waals surface area contributed by atoms with Crippen LogP contribution >= 0.6 is 0 Å². The maximum absolute atomic E-state index is 12.8. The summed E-state index contributed by atoms with van der Waals surface area (Å²) in [5.41, 5.74) is -0.891. The van der Waals surface area contributed by atoms with Crippen molar-refractivity contribution in [3.05, 3.63) is 18.5 Å². The number of anilines is 1. The molecule has 1 aromatic heterocycles. The molecule has 2 heterocycles. The third kappa shape index (κ3) is 3.91. The van der Waals surface area contributed by atoms with Crippen LogP contribution in [0.25, 0.3) is 0 Å². The normalized spacial score (nSPS) is 18.9. The predicted octanol–water partition coefficient (Wildman–Crippen LogP) is 1.06. The van der Waals surface area contributed by atoms with E-state index in [1.165, 1.54) is 0 Å². The molecular formula is C15H24N4O2. The first-order valence-electron chi connectivity index (χ1n) is 7.47. The molecule has 116 valence electrons. The van der Waals surface area contributed by atoms with Gasteiger partial charge in [0.1, 0.15) is 6.04 Å². The molecule has 0 spiro atoms. The molecule has 0 bridgehead atoms. The van der Waals surface area contributed by atoms with Crippen molar-refractivity contribution in [2.24, 2.45) is 0 Å². The van der Waals surface area contributed by atoms with Crippen LogP contribution in [-0.2, 0) is 4.79 Å². The molecule has 1 saturated heterocycles. The van der Waals surface area contributed by atoms with E-state index in [2.05, 4.69) is 9.97 Å². The lowest BCUT2D eigenvalue weighted by Gasteiger charge is -2.33. The van der Waals surface area contributed by atoms with Crippen molar-refractivity contribution < 1.29 is 9.90 Å². The number of hydrogen-bond acceptors (Lipinski definition) is 5. The summed E-state index contributed by atoms with van der Waals surface area (Å²) >= 11 is 0. The molecule has 0 aromatic carbocycles. The topological polar surface area (TPSA) is 69.6 Å². The molecular weight excluding hydrogens is 268 g/mol. The quantitative estimate of drug-likeness (QED) is 0.879. The van der Waals surface area contributed by atoms with Crippen molar-refractivity contribution in [3.8, 4) is 0 Å². The molecule has 0 radical (unpaired) electrons. The van der Waals surface area contributed by atoms with E-state index < -0.39 is 5.60 Å². The number of amides is 1. The van der Waals surface area contributed by atoms with Crippen LogP contribution in [0.3, 0.4) is 0 Å². The molecule has 1 aliphatic heterocycles.